The highest BCUT2D eigenvalue weighted by Gasteiger charge is 2.43. The van der Waals surface area contributed by atoms with Crippen molar-refractivity contribution in [1.82, 2.24) is 0 Å². The Labute approximate surface area is 165 Å². The summed E-state index contributed by atoms with van der Waals surface area (Å²) in [4.78, 5) is 0. The van der Waals surface area contributed by atoms with Gasteiger partial charge in [-0.25, -0.2) is 0 Å². The van der Waals surface area contributed by atoms with Gasteiger partial charge in [0, 0.05) is 6.04 Å². The highest BCUT2D eigenvalue weighted by molar-refractivity contribution is 4.96. The zero-order valence-corrected chi connectivity index (χ0v) is 18.5. The SMILES string of the molecule is CCCCCCCCCCCC(N)C1(CCC)CCCCC1CCC.O. The molecule has 26 heavy (non-hydrogen) atoms. The van der Waals surface area contributed by atoms with Gasteiger partial charge in [0.05, 0.1) is 0 Å². The van der Waals surface area contributed by atoms with E-state index in [1.54, 1.807) is 0 Å². The zero-order chi connectivity index (χ0) is 18.4. The lowest BCUT2D eigenvalue weighted by Crippen LogP contribution is -2.48. The lowest BCUT2D eigenvalue weighted by molar-refractivity contribution is 0.0399. The molecule has 2 nitrogen and oxygen atoms in total. The minimum Gasteiger partial charge on any atom is -0.412 e. The molecule has 0 spiro atoms. The van der Waals surface area contributed by atoms with Crippen molar-refractivity contribution in [3.63, 3.8) is 0 Å². The Balaban J connectivity index is 0.00000625. The quantitative estimate of drug-likeness (QED) is 0.305. The van der Waals surface area contributed by atoms with Crippen molar-refractivity contribution in [2.75, 3.05) is 0 Å². The van der Waals surface area contributed by atoms with E-state index in [0.29, 0.717) is 11.5 Å². The molecule has 3 unspecified atom stereocenters. The second-order valence-corrected chi connectivity index (χ2v) is 8.94. The zero-order valence-electron chi connectivity index (χ0n) is 18.5. The van der Waals surface area contributed by atoms with Gasteiger partial charge in [0.1, 0.15) is 0 Å². The summed E-state index contributed by atoms with van der Waals surface area (Å²) in [6.45, 7) is 7.02. The fourth-order valence-electron chi connectivity index (χ4n) is 5.55. The molecular weight excluding hydrogens is 318 g/mol. The second-order valence-electron chi connectivity index (χ2n) is 8.94. The maximum absolute atomic E-state index is 6.89. The molecule has 0 aromatic carbocycles. The molecule has 1 rings (SSSR count). The summed E-state index contributed by atoms with van der Waals surface area (Å²) >= 11 is 0. The summed E-state index contributed by atoms with van der Waals surface area (Å²) in [6.07, 6.45) is 25.2. The van der Waals surface area contributed by atoms with Gasteiger partial charge in [-0.05, 0) is 37.0 Å². The van der Waals surface area contributed by atoms with Crippen LogP contribution in [0.25, 0.3) is 0 Å². The molecule has 0 aromatic heterocycles. The van der Waals surface area contributed by atoms with Crippen LogP contribution in [-0.4, -0.2) is 11.5 Å². The first-order valence-corrected chi connectivity index (χ1v) is 12.0. The molecule has 158 valence electrons. The molecule has 2 heteroatoms. The van der Waals surface area contributed by atoms with E-state index < -0.39 is 0 Å². The van der Waals surface area contributed by atoms with Crippen molar-refractivity contribution >= 4 is 0 Å². The summed E-state index contributed by atoms with van der Waals surface area (Å²) in [5.74, 6) is 0.903. The van der Waals surface area contributed by atoms with E-state index in [9.17, 15) is 0 Å². The summed E-state index contributed by atoms with van der Waals surface area (Å²) in [6, 6.07) is 0.453. The molecule has 0 amide bonds. The standard InChI is InChI=1S/C24H49N.H2O/c1-4-7-8-9-10-11-12-13-14-19-23(25)24(20-6-3)21-16-15-18-22(24)17-5-2;/h22-23H,4-21,25H2,1-3H3;1H2. The monoisotopic (exact) mass is 369 g/mol. The minimum atomic E-state index is 0. The Hall–Kier alpha value is -0.0800. The third-order valence-corrected chi connectivity index (χ3v) is 6.97. The van der Waals surface area contributed by atoms with Crippen LogP contribution >= 0.6 is 0 Å². The van der Waals surface area contributed by atoms with E-state index in [4.69, 9.17) is 5.73 Å². The Morgan fingerprint density at radius 1 is 0.808 bits per heavy atom. The van der Waals surface area contributed by atoms with Crippen LogP contribution in [0, 0.1) is 11.3 Å². The Bertz CT molecular complexity index is 301. The van der Waals surface area contributed by atoms with E-state index in [-0.39, 0.29) is 5.48 Å². The Morgan fingerprint density at radius 2 is 1.42 bits per heavy atom. The minimum absolute atomic E-state index is 0. The van der Waals surface area contributed by atoms with E-state index in [0.717, 1.165) is 5.92 Å². The van der Waals surface area contributed by atoms with Gasteiger partial charge in [-0.2, -0.15) is 0 Å². The lowest BCUT2D eigenvalue weighted by atomic mass is 9.58. The van der Waals surface area contributed by atoms with Crippen LogP contribution in [0.15, 0.2) is 0 Å². The number of rotatable bonds is 15. The molecular formula is C24H51NO. The van der Waals surface area contributed by atoms with Gasteiger partial charge in [0.25, 0.3) is 0 Å². The van der Waals surface area contributed by atoms with Crippen LogP contribution < -0.4 is 5.73 Å². The predicted octanol–water partition coefficient (Wildman–Crippen LogP) is 7.19. The van der Waals surface area contributed by atoms with Gasteiger partial charge >= 0.3 is 0 Å². The van der Waals surface area contributed by atoms with Crippen LogP contribution in [0.5, 0.6) is 0 Å². The summed E-state index contributed by atoms with van der Waals surface area (Å²) < 4.78 is 0. The molecule has 1 fully saturated rings. The first-order valence-electron chi connectivity index (χ1n) is 12.0. The lowest BCUT2D eigenvalue weighted by Gasteiger charge is -2.49. The largest absolute Gasteiger partial charge is 0.412 e. The van der Waals surface area contributed by atoms with Crippen molar-refractivity contribution < 1.29 is 5.48 Å². The summed E-state index contributed by atoms with van der Waals surface area (Å²) in [7, 11) is 0. The molecule has 0 aromatic rings. The molecule has 0 saturated heterocycles. The average Bonchev–Trinajstić information content (AvgIpc) is 2.62. The molecule has 1 aliphatic carbocycles. The fourth-order valence-corrected chi connectivity index (χ4v) is 5.55. The van der Waals surface area contributed by atoms with E-state index in [1.807, 2.05) is 0 Å². The van der Waals surface area contributed by atoms with Crippen LogP contribution in [0.2, 0.25) is 0 Å². The maximum Gasteiger partial charge on any atom is 0.00982 e. The first kappa shape index (κ1) is 25.9. The van der Waals surface area contributed by atoms with Gasteiger partial charge in [-0.15, -0.1) is 0 Å². The van der Waals surface area contributed by atoms with Gasteiger partial charge in [-0.1, -0.05) is 111 Å². The number of hydrogen-bond acceptors (Lipinski definition) is 1. The number of unbranched alkanes of at least 4 members (excludes halogenated alkanes) is 8. The molecule has 0 radical (unpaired) electrons. The maximum atomic E-state index is 6.89. The van der Waals surface area contributed by atoms with Gasteiger partial charge in [0.2, 0.25) is 0 Å². The number of hydrogen-bond donors (Lipinski definition) is 1. The van der Waals surface area contributed by atoms with Gasteiger partial charge in [0.15, 0.2) is 0 Å². The van der Waals surface area contributed by atoms with Crippen molar-refractivity contribution in [2.24, 2.45) is 17.1 Å². The molecule has 0 aliphatic heterocycles. The Kier molecular flexibility index (Phi) is 15.9. The van der Waals surface area contributed by atoms with Crippen molar-refractivity contribution in [2.45, 2.75) is 142 Å². The van der Waals surface area contributed by atoms with Gasteiger partial charge < -0.3 is 11.2 Å². The topological polar surface area (TPSA) is 57.5 Å². The smallest absolute Gasteiger partial charge is 0.00982 e. The Morgan fingerprint density at radius 3 is 2.00 bits per heavy atom. The van der Waals surface area contributed by atoms with Crippen LogP contribution in [-0.2, 0) is 0 Å². The number of nitrogens with two attached hydrogens (primary N) is 1. The average molecular weight is 370 g/mol. The van der Waals surface area contributed by atoms with E-state index in [2.05, 4.69) is 20.8 Å². The van der Waals surface area contributed by atoms with E-state index >= 15 is 0 Å². The third kappa shape index (κ3) is 8.74. The van der Waals surface area contributed by atoms with E-state index in [1.165, 1.54) is 116 Å². The highest BCUT2D eigenvalue weighted by atomic mass is 16.0. The summed E-state index contributed by atoms with van der Waals surface area (Å²) in [5, 5.41) is 0. The normalized spacial score (nSPS) is 24.2. The fraction of sp³-hybridized carbons (Fsp3) is 1.00. The van der Waals surface area contributed by atoms with Crippen LogP contribution in [0.3, 0.4) is 0 Å². The summed E-state index contributed by atoms with van der Waals surface area (Å²) in [5.41, 5.74) is 7.36. The molecule has 3 atom stereocenters. The molecule has 1 saturated carbocycles. The van der Waals surface area contributed by atoms with Crippen LogP contribution in [0.4, 0.5) is 0 Å². The van der Waals surface area contributed by atoms with Crippen molar-refractivity contribution in [3.8, 4) is 0 Å². The highest BCUT2D eigenvalue weighted by Crippen LogP contribution is 2.49. The second kappa shape index (κ2) is 15.9. The molecule has 4 N–H and O–H groups in total. The predicted molar refractivity (Wildman–Crippen MR) is 118 cm³/mol. The van der Waals surface area contributed by atoms with Crippen molar-refractivity contribution in [3.05, 3.63) is 0 Å². The molecule has 0 heterocycles. The van der Waals surface area contributed by atoms with Crippen molar-refractivity contribution in [1.29, 1.82) is 0 Å². The molecule has 0 bridgehead atoms. The molecule has 1 aliphatic rings. The van der Waals surface area contributed by atoms with Gasteiger partial charge in [-0.3, -0.25) is 0 Å². The third-order valence-electron chi connectivity index (χ3n) is 6.97. The first-order chi connectivity index (χ1) is 12.2. The van der Waals surface area contributed by atoms with Crippen LogP contribution in [0.1, 0.15) is 136 Å².